The van der Waals surface area contributed by atoms with Gasteiger partial charge in [-0.2, -0.15) is 0 Å². The minimum Gasteiger partial charge on any atom is -0.365 e. The average Bonchev–Trinajstić information content (AvgIpc) is 2.67. The van der Waals surface area contributed by atoms with Crippen molar-refractivity contribution >= 4 is 34.9 Å². The zero-order valence-electron chi connectivity index (χ0n) is 13.7. The first-order chi connectivity index (χ1) is 12.6. The fourth-order valence-electron chi connectivity index (χ4n) is 2.21. The van der Waals surface area contributed by atoms with Gasteiger partial charge in [-0.15, -0.1) is 0 Å². The van der Waals surface area contributed by atoms with Crippen LogP contribution in [0.3, 0.4) is 0 Å². The second-order valence-corrected chi connectivity index (χ2v) is 6.45. The third-order valence-electron chi connectivity index (χ3n) is 3.64. The maximum absolute atomic E-state index is 12.1. The molecular weight excluding hydrogens is 371 g/mol. The first-order valence-corrected chi connectivity index (χ1v) is 8.69. The molecule has 2 aromatic carbocycles. The lowest BCUT2D eigenvalue weighted by Crippen LogP contribution is -2.24. The monoisotopic (exact) mass is 386 g/mol. The Labute approximate surface area is 161 Å². The van der Waals surface area contributed by atoms with Crippen LogP contribution in [0.4, 0.5) is 5.82 Å². The molecule has 3 aromatic rings. The Morgan fingerprint density at radius 3 is 1.92 bits per heavy atom. The summed E-state index contributed by atoms with van der Waals surface area (Å²) in [6.07, 6.45) is 2.98. The van der Waals surface area contributed by atoms with E-state index in [9.17, 15) is 4.79 Å². The minimum absolute atomic E-state index is 0.260. The Kier molecular flexibility index (Phi) is 6.04. The number of hydrogen-bond acceptors (Lipinski definition) is 4. The number of carbonyl (C=O) groups excluding carboxylic acids is 1. The van der Waals surface area contributed by atoms with Crippen LogP contribution in [0.15, 0.2) is 60.9 Å². The van der Waals surface area contributed by atoms with E-state index in [4.69, 9.17) is 23.2 Å². The zero-order chi connectivity index (χ0) is 18.4. The summed E-state index contributed by atoms with van der Waals surface area (Å²) in [5.74, 6) is 0.311. The summed E-state index contributed by atoms with van der Waals surface area (Å²) in [6, 6.07) is 14.8. The van der Waals surface area contributed by atoms with E-state index in [1.807, 2.05) is 36.4 Å². The number of nitrogens with zero attached hydrogens (tertiary/aromatic N) is 2. The Morgan fingerprint density at radius 1 is 0.808 bits per heavy atom. The molecule has 0 spiro atoms. The van der Waals surface area contributed by atoms with Crippen LogP contribution in [-0.4, -0.2) is 15.9 Å². The molecule has 0 aliphatic heterocycles. The molecule has 1 amide bonds. The van der Waals surface area contributed by atoms with Crippen molar-refractivity contribution in [3.8, 4) is 0 Å². The number of halogens is 2. The van der Waals surface area contributed by atoms with Gasteiger partial charge in [0.15, 0.2) is 0 Å². The van der Waals surface area contributed by atoms with Gasteiger partial charge in [-0.1, -0.05) is 47.5 Å². The van der Waals surface area contributed by atoms with Gasteiger partial charge in [-0.25, -0.2) is 9.97 Å². The van der Waals surface area contributed by atoms with Gasteiger partial charge in [-0.3, -0.25) is 4.79 Å². The van der Waals surface area contributed by atoms with E-state index in [-0.39, 0.29) is 11.6 Å². The topological polar surface area (TPSA) is 66.9 Å². The molecule has 0 saturated carbocycles. The van der Waals surface area contributed by atoms with E-state index in [0.717, 1.165) is 11.1 Å². The molecule has 7 heteroatoms. The highest BCUT2D eigenvalue weighted by Gasteiger charge is 2.08. The molecule has 3 rings (SSSR count). The Balaban J connectivity index is 1.52. The van der Waals surface area contributed by atoms with Crippen molar-refractivity contribution in [3.05, 3.63) is 87.8 Å². The summed E-state index contributed by atoms with van der Waals surface area (Å²) in [6.45, 7) is 0.988. The lowest BCUT2D eigenvalue weighted by molar-refractivity contribution is 0.0945. The van der Waals surface area contributed by atoms with Crippen LogP contribution >= 0.6 is 23.2 Å². The summed E-state index contributed by atoms with van der Waals surface area (Å²) in [5, 5.41) is 7.31. The van der Waals surface area contributed by atoms with Crippen molar-refractivity contribution in [2.24, 2.45) is 0 Å². The van der Waals surface area contributed by atoms with Gasteiger partial charge >= 0.3 is 0 Å². The van der Waals surface area contributed by atoms with Crippen LogP contribution in [0.5, 0.6) is 0 Å². The predicted octanol–water partition coefficient (Wildman–Crippen LogP) is 4.33. The molecule has 0 radical (unpaired) electrons. The van der Waals surface area contributed by atoms with Crippen LogP contribution in [0.2, 0.25) is 10.0 Å². The maximum Gasteiger partial charge on any atom is 0.271 e. The molecule has 0 unspecified atom stereocenters. The number of anilines is 1. The van der Waals surface area contributed by atoms with E-state index < -0.39 is 0 Å². The number of nitrogens with one attached hydrogen (secondary N) is 2. The highest BCUT2D eigenvalue weighted by molar-refractivity contribution is 6.30. The average molecular weight is 387 g/mol. The van der Waals surface area contributed by atoms with Gasteiger partial charge in [0.2, 0.25) is 0 Å². The Morgan fingerprint density at radius 2 is 1.38 bits per heavy atom. The third-order valence-corrected chi connectivity index (χ3v) is 4.14. The van der Waals surface area contributed by atoms with Crippen molar-refractivity contribution in [2.45, 2.75) is 13.1 Å². The fraction of sp³-hybridized carbons (Fsp3) is 0.105. The molecule has 1 aromatic heterocycles. The molecule has 0 aliphatic rings. The van der Waals surface area contributed by atoms with Crippen molar-refractivity contribution < 1.29 is 4.79 Å². The van der Waals surface area contributed by atoms with E-state index >= 15 is 0 Å². The molecule has 0 bridgehead atoms. The molecule has 0 saturated heterocycles. The van der Waals surface area contributed by atoms with Gasteiger partial charge in [0.1, 0.15) is 11.5 Å². The first-order valence-electron chi connectivity index (χ1n) is 7.93. The fourth-order valence-corrected chi connectivity index (χ4v) is 2.46. The van der Waals surface area contributed by atoms with Crippen LogP contribution in [0, 0.1) is 0 Å². The van der Waals surface area contributed by atoms with Gasteiger partial charge < -0.3 is 10.6 Å². The van der Waals surface area contributed by atoms with Gasteiger partial charge in [0.05, 0.1) is 12.4 Å². The number of carbonyl (C=O) groups is 1. The number of aromatic nitrogens is 2. The predicted molar refractivity (Wildman–Crippen MR) is 103 cm³/mol. The molecule has 2 N–H and O–H groups in total. The highest BCUT2D eigenvalue weighted by Crippen LogP contribution is 2.11. The lowest BCUT2D eigenvalue weighted by atomic mass is 10.2. The number of benzene rings is 2. The van der Waals surface area contributed by atoms with Crippen molar-refractivity contribution in [1.82, 2.24) is 15.3 Å². The second kappa shape index (κ2) is 8.65. The number of rotatable bonds is 6. The summed E-state index contributed by atoms with van der Waals surface area (Å²) in [5.41, 5.74) is 2.29. The standard InChI is InChI=1S/C19H16Cl2N4O/c20-15-5-1-13(2-6-15)9-23-18-12-22-17(11-24-18)19(26)25-10-14-3-7-16(21)8-4-14/h1-8,11-12H,9-10H2,(H,23,24)(H,25,26). The van der Waals surface area contributed by atoms with E-state index in [1.54, 1.807) is 12.1 Å². The molecule has 5 nitrogen and oxygen atoms in total. The minimum atomic E-state index is -0.281. The SMILES string of the molecule is O=C(NCc1ccc(Cl)cc1)c1cnc(NCc2ccc(Cl)cc2)cn1. The second-order valence-electron chi connectivity index (χ2n) is 5.58. The van der Waals surface area contributed by atoms with Crippen LogP contribution < -0.4 is 10.6 Å². The molecular formula is C19H16Cl2N4O. The molecule has 0 atom stereocenters. The lowest BCUT2D eigenvalue weighted by Gasteiger charge is -2.07. The molecule has 132 valence electrons. The van der Waals surface area contributed by atoms with Crippen LogP contribution in [0.25, 0.3) is 0 Å². The quantitative estimate of drug-likeness (QED) is 0.661. The van der Waals surface area contributed by atoms with Crippen LogP contribution in [-0.2, 0) is 13.1 Å². The smallest absolute Gasteiger partial charge is 0.271 e. The highest BCUT2D eigenvalue weighted by atomic mass is 35.5. The summed E-state index contributed by atoms with van der Waals surface area (Å²) >= 11 is 11.7. The normalized spacial score (nSPS) is 10.4. The van der Waals surface area contributed by atoms with Gasteiger partial charge in [-0.05, 0) is 35.4 Å². The van der Waals surface area contributed by atoms with Crippen LogP contribution in [0.1, 0.15) is 21.6 Å². The van der Waals surface area contributed by atoms with Gasteiger partial charge in [0.25, 0.3) is 5.91 Å². The van der Waals surface area contributed by atoms with Gasteiger partial charge in [0, 0.05) is 23.1 Å². The van der Waals surface area contributed by atoms with Crippen molar-refractivity contribution in [1.29, 1.82) is 0 Å². The number of amides is 1. The molecule has 0 fully saturated rings. The summed E-state index contributed by atoms with van der Waals surface area (Å²) < 4.78 is 0. The first kappa shape index (κ1) is 18.2. The molecule has 0 aliphatic carbocycles. The Bertz CT molecular complexity index is 866. The largest absolute Gasteiger partial charge is 0.365 e. The third kappa shape index (κ3) is 5.18. The summed E-state index contributed by atoms with van der Waals surface area (Å²) in [7, 11) is 0. The van der Waals surface area contributed by atoms with Crippen molar-refractivity contribution in [2.75, 3.05) is 5.32 Å². The summed E-state index contributed by atoms with van der Waals surface area (Å²) in [4.78, 5) is 20.5. The number of hydrogen-bond donors (Lipinski definition) is 2. The van der Waals surface area contributed by atoms with E-state index in [2.05, 4.69) is 20.6 Å². The van der Waals surface area contributed by atoms with E-state index in [1.165, 1.54) is 12.4 Å². The van der Waals surface area contributed by atoms with Crippen molar-refractivity contribution in [3.63, 3.8) is 0 Å². The molecule has 26 heavy (non-hydrogen) atoms. The Hall–Kier alpha value is -2.63. The maximum atomic E-state index is 12.1. The molecule has 1 heterocycles. The zero-order valence-corrected chi connectivity index (χ0v) is 15.3. The van der Waals surface area contributed by atoms with E-state index in [0.29, 0.717) is 29.0 Å².